The molecular weight excluding hydrogens is 499 g/mol. The van der Waals surface area contributed by atoms with Crippen LogP contribution in [0.3, 0.4) is 0 Å². The van der Waals surface area contributed by atoms with E-state index in [1.807, 2.05) is 29.8 Å². The maximum absolute atomic E-state index is 11.7. The second kappa shape index (κ2) is 13.0. The normalized spacial score (nSPS) is 20.4. The molecule has 9 heteroatoms. The number of rotatable bonds is 9. The number of benzene rings is 1. The lowest BCUT2D eigenvalue weighted by atomic mass is 9.78. The van der Waals surface area contributed by atoms with E-state index in [1.165, 1.54) is 45.3 Å². The summed E-state index contributed by atoms with van der Waals surface area (Å²) in [5.41, 5.74) is 8.36. The minimum Gasteiger partial charge on any atom is -0.493 e. The highest BCUT2D eigenvalue weighted by Crippen LogP contribution is 2.42. The average Bonchev–Trinajstić information content (AvgIpc) is 3.41. The highest BCUT2D eigenvalue weighted by atomic mass is 35.5. The Morgan fingerprint density at radius 3 is 2.53 bits per heavy atom. The Labute approximate surface area is 226 Å². The van der Waals surface area contributed by atoms with E-state index in [0.717, 1.165) is 41.3 Å². The van der Waals surface area contributed by atoms with E-state index in [0.29, 0.717) is 35.9 Å². The number of carbonyl (C=O) groups is 1. The lowest BCUT2D eigenvalue weighted by Gasteiger charge is -2.31. The van der Waals surface area contributed by atoms with Gasteiger partial charge in [0.2, 0.25) is 5.88 Å². The van der Waals surface area contributed by atoms with Crippen LogP contribution in [0, 0.1) is 18.8 Å². The second-order valence-corrected chi connectivity index (χ2v) is 11.0. The van der Waals surface area contributed by atoms with Crippen LogP contribution in [-0.2, 0) is 6.54 Å². The Morgan fingerprint density at radius 1 is 1.19 bits per heavy atom. The number of hydrogen-bond donors (Lipinski definition) is 1. The molecule has 1 aromatic carbocycles. The van der Waals surface area contributed by atoms with Crippen LogP contribution in [0.4, 0.5) is 4.79 Å². The quantitative estimate of drug-likeness (QED) is 0.412. The number of aromatic nitrogens is 2. The lowest BCUT2D eigenvalue weighted by molar-refractivity contribution is 0.205. The van der Waals surface area contributed by atoms with Gasteiger partial charge in [-0.05, 0) is 94.5 Å². The molecule has 1 aromatic heterocycles. The van der Waals surface area contributed by atoms with Crippen LogP contribution in [0.2, 0.25) is 5.02 Å². The van der Waals surface area contributed by atoms with Gasteiger partial charge < -0.3 is 20.1 Å². The summed E-state index contributed by atoms with van der Waals surface area (Å²) in [5.74, 6) is 2.59. The van der Waals surface area contributed by atoms with Crippen molar-refractivity contribution in [3.8, 4) is 11.6 Å². The monoisotopic (exact) mass is 538 g/mol. The first-order chi connectivity index (χ1) is 16.8. The fourth-order valence-corrected chi connectivity index (χ4v) is 5.72. The third kappa shape index (κ3) is 7.30. The van der Waals surface area contributed by atoms with E-state index >= 15 is 0 Å². The minimum atomic E-state index is -0.831. The van der Waals surface area contributed by atoms with Crippen molar-refractivity contribution < 1.29 is 14.3 Å². The van der Waals surface area contributed by atoms with Crippen molar-refractivity contribution in [2.75, 3.05) is 26.2 Å². The molecule has 2 aliphatic rings. The summed E-state index contributed by atoms with van der Waals surface area (Å²) in [6, 6.07) is 5.66. The van der Waals surface area contributed by atoms with Gasteiger partial charge in [0.15, 0.2) is 0 Å². The topological polar surface area (TPSA) is 82.6 Å². The Kier molecular flexibility index (Phi) is 10.3. The molecule has 1 amide bonds. The van der Waals surface area contributed by atoms with Gasteiger partial charge in [-0.25, -0.2) is 4.79 Å². The molecule has 0 radical (unpaired) electrons. The molecule has 1 aliphatic carbocycles. The number of hydrogen-bond acceptors (Lipinski definition) is 5. The molecule has 2 fully saturated rings. The van der Waals surface area contributed by atoms with Crippen LogP contribution in [0.15, 0.2) is 18.2 Å². The lowest BCUT2D eigenvalue weighted by Crippen LogP contribution is -2.29. The van der Waals surface area contributed by atoms with Gasteiger partial charge in [0.25, 0.3) is 0 Å². The Hall–Kier alpha value is -1.96. The van der Waals surface area contributed by atoms with Gasteiger partial charge in [-0.2, -0.15) is 0 Å². The molecular formula is C27H40Cl2N4O3. The summed E-state index contributed by atoms with van der Waals surface area (Å²) < 4.78 is 13.3. The van der Waals surface area contributed by atoms with E-state index in [1.54, 1.807) is 0 Å². The van der Waals surface area contributed by atoms with Crippen molar-refractivity contribution in [3.05, 3.63) is 40.0 Å². The Morgan fingerprint density at radius 2 is 1.89 bits per heavy atom. The number of likely N-dealkylation sites (tertiary alicyclic amines) is 1. The fraction of sp³-hybridized carbons (Fsp3) is 0.630. The molecule has 1 aliphatic heterocycles. The predicted octanol–water partition coefficient (Wildman–Crippen LogP) is 6.18. The molecule has 2 heterocycles. The van der Waals surface area contributed by atoms with Crippen molar-refractivity contribution in [1.82, 2.24) is 14.7 Å². The number of halogens is 2. The van der Waals surface area contributed by atoms with Gasteiger partial charge in [0.05, 0.1) is 13.2 Å². The summed E-state index contributed by atoms with van der Waals surface area (Å²) in [4.78, 5) is 14.3. The van der Waals surface area contributed by atoms with Crippen LogP contribution in [0.1, 0.15) is 75.1 Å². The smallest absolute Gasteiger partial charge is 0.411 e. The zero-order chi connectivity index (χ0) is 24.9. The van der Waals surface area contributed by atoms with Crippen LogP contribution in [0.25, 0.3) is 0 Å². The van der Waals surface area contributed by atoms with E-state index < -0.39 is 6.09 Å². The number of carbonyl (C=O) groups excluding carboxylic acids is 1. The second-order valence-electron chi connectivity index (χ2n) is 10.6. The molecule has 0 unspecified atom stereocenters. The average molecular weight is 540 g/mol. The molecule has 1 saturated carbocycles. The van der Waals surface area contributed by atoms with Crippen LogP contribution >= 0.6 is 24.0 Å². The standard InChI is InChI=1S/C27H39ClN4O3.ClH/c1-18(2)17-34-24-11-10-23(28)14-22(24)16-32-19(3)25(26(30-32)35-27(29)33)21-8-6-20(7-9-21)15-31-12-4-5-13-31;/h10-11,14,18,20-21H,4-9,12-13,15-17H2,1-3H3,(H2,29,33);1H. The summed E-state index contributed by atoms with van der Waals surface area (Å²) in [6.07, 6.45) is 6.34. The Balaban J connectivity index is 0.00000361. The summed E-state index contributed by atoms with van der Waals surface area (Å²) in [5, 5.41) is 5.32. The van der Waals surface area contributed by atoms with E-state index in [4.69, 9.17) is 26.8 Å². The maximum Gasteiger partial charge on any atom is 0.411 e. The molecule has 0 atom stereocenters. The van der Waals surface area contributed by atoms with E-state index in [2.05, 4.69) is 23.8 Å². The SMILES string of the molecule is Cc1c(C2CCC(CN3CCCC3)CC2)c(OC(N)=O)nn1Cc1cc(Cl)ccc1OCC(C)C.Cl. The molecule has 4 rings (SSSR count). The zero-order valence-corrected chi connectivity index (χ0v) is 23.2. The van der Waals surface area contributed by atoms with Crippen LogP contribution in [0.5, 0.6) is 11.6 Å². The first-order valence-electron chi connectivity index (χ1n) is 13.0. The van der Waals surface area contributed by atoms with Crippen LogP contribution < -0.4 is 15.2 Å². The van der Waals surface area contributed by atoms with Gasteiger partial charge in [-0.3, -0.25) is 4.68 Å². The van der Waals surface area contributed by atoms with Crippen molar-refractivity contribution in [2.45, 2.75) is 71.8 Å². The largest absolute Gasteiger partial charge is 0.493 e. The first-order valence-corrected chi connectivity index (χ1v) is 13.4. The predicted molar refractivity (Wildman–Crippen MR) is 146 cm³/mol. The third-order valence-electron chi connectivity index (χ3n) is 7.30. The maximum atomic E-state index is 11.7. The third-order valence-corrected chi connectivity index (χ3v) is 7.54. The molecule has 0 bridgehead atoms. The molecule has 2 aromatic rings. The number of ether oxygens (including phenoxy) is 2. The molecule has 2 N–H and O–H groups in total. The summed E-state index contributed by atoms with van der Waals surface area (Å²) in [7, 11) is 0. The van der Waals surface area contributed by atoms with Crippen molar-refractivity contribution >= 4 is 30.1 Å². The van der Waals surface area contributed by atoms with Crippen LogP contribution in [-0.4, -0.2) is 47.0 Å². The number of amides is 1. The van der Waals surface area contributed by atoms with E-state index in [-0.39, 0.29) is 12.4 Å². The highest BCUT2D eigenvalue weighted by molar-refractivity contribution is 6.30. The van der Waals surface area contributed by atoms with Gasteiger partial charge in [-0.15, -0.1) is 17.5 Å². The summed E-state index contributed by atoms with van der Waals surface area (Å²) >= 11 is 6.31. The number of nitrogens with two attached hydrogens (primary N) is 1. The molecule has 36 heavy (non-hydrogen) atoms. The Bertz CT molecular complexity index is 1010. The van der Waals surface area contributed by atoms with E-state index in [9.17, 15) is 4.79 Å². The van der Waals surface area contributed by atoms with Gasteiger partial charge >= 0.3 is 6.09 Å². The molecule has 0 spiro atoms. The number of nitrogens with zero attached hydrogens (tertiary/aromatic N) is 3. The first kappa shape index (κ1) is 28.6. The molecule has 7 nitrogen and oxygen atoms in total. The fourth-order valence-electron chi connectivity index (χ4n) is 5.52. The van der Waals surface area contributed by atoms with Gasteiger partial charge in [0.1, 0.15) is 5.75 Å². The van der Waals surface area contributed by atoms with Crippen molar-refractivity contribution in [3.63, 3.8) is 0 Å². The summed E-state index contributed by atoms with van der Waals surface area (Å²) in [6.45, 7) is 11.1. The van der Waals surface area contributed by atoms with Crippen molar-refractivity contribution in [2.24, 2.45) is 17.6 Å². The van der Waals surface area contributed by atoms with Crippen molar-refractivity contribution in [1.29, 1.82) is 0 Å². The number of primary amides is 1. The zero-order valence-electron chi connectivity index (χ0n) is 21.7. The van der Waals surface area contributed by atoms with Gasteiger partial charge in [-0.1, -0.05) is 25.4 Å². The minimum absolute atomic E-state index is 0. The highest BCUT2D eigenvalue weighted by Gasteiger charge is 2.31. The molecule has 200 valence electrons. The van der Waals surface area contributed by atoms with Gasteiger partial charge in [0, 0.05) is 28.4 Å². The molecule has 1 saturated heterocycles.